The highest BCUT2D eigenvalue weighted by molar-refractivity contribution is 4.81. The lowest BCUT2D eigenvalue weighted by Crippen LogP contribution is -2.44. The van der Waals surface area contributed by atoms with Crippen LogP contribution in [-0.4, -0.2) is 57.4 Å². The summed E-state index contributed by atoms with van der Waals surface area (Å²) in [6.45, 7) is 3.87. The van der Waals surface area contributed by atoms with Crippen LogP contribution in [0.25, 0.3) is 0 Å². The Bertz CT molecular complexity index is 244. The van der Waals surface area contributed by atoms with Crippen LogP contribution in [0.15, 0.2) is 12.2 Å². The van der Waals surface area contributed by atoms with Crippen molar-refractivity contribution in [2.24, 2.45) is 0 Å². The summed E-state index contributed by atoms with van der Waals surface area (Å²) in [6.07, 6.45) is 16.9. The van der Waals surface area contributed by atoms with Gasteiger partial charge in [-0.25, -0.2) is 0 Å². The van der Waals surface area contributed by atoms with Gasteiger partial charge in [0.25, 0.3) is 0 Å². The highest BCUT2D eigenvalue weighted by Crippen LogP contribution is 2.08. The molecule has 0 fully saturated rings. The molecule has 0 atom stereocenters. The van der Waals surface area contributed by atoms with Crippen molar-refractivity contribution in [3.05, 3.63) is 12.2 Å². The van der Waals surface area contributed by atoms with Crippen molar-refractivity contribution >= 4 is 0 Å². The number of hydrogen-bond acceptors (Lipinski definition) is 3. The van der Waals surface area contributed by atoms with E-state index in [0.717, 1.165) is 19.6 Å². The molecule has 0 saturated carbocycles. The second-order valence-electron chi connectivity index (χ2n) is 6.65. The summed E-state index contributed by atoms with van der Waals surface area (Å²) >= 11 is 0. The lowest BCUT2D eigenvalue weighted by molar-refractivity contribution is 0.0194. The molecule has 0 radical (unpaired) electrons. The van der Waals surface area contributed by atoms with Gasteiger partial charge in [0.1, 0.15) is 0 Å². The average molecular weight is 313 g/mol. The molecule has 0 saturated heterocycles. The van der Waals surface area contributed by atoms with Crippen molar-refractivity contribution in [1.82, 2.24) is 9.80 Å². The Morgan fingerprint density at radius 3 is 1.91 bits per heavy atom. The molecule has 3 heteroatoms. The molecule has 0 aromatic rings. The van der Waals surface area contributed by atoms with Gasteiger partial charge in [0.2, 0.25) is 0 Å². The highest BCUT2D eigenvalue weighted by atomic mass is 16.5. The molecule has 0 aliphatic rings. The van der Waals surface area contributed by atoms with Crippen LogP contribution in [0.1, 0.15) is 64.7 Å². The number of hydrogen-bond donors (Lipinski definition) is 0. The van der Waals surface area contributed by atoms with E-state index in [0.29, 0.717) is 6.17 Å². The van der Waals surface area contributed by atoms with Crippen LogP contribution in [0.5, 0.6) is 0 Å². The van der Waals surface area contributed by atoms with Crippen LogP contribution >= 0.6 is 0 Å². The van der Waals surface area contributed by atoms with Crippen molar-refractivity contribution < 1.29 is 4.74 Å². The molecule has 0 aromatic carbocycles. The number of likely N-dealkylation sites (N-methyl/N-ethyl adjacent to an activating group) is 2. The second kappa shape index (κ2) is 15.5. The molecule has 0 aromatic heterocycles. The van der Waals surface area contributed by atoms with Gasteiger partial charge in [0, 0.05) is 0 Å². The summed E-state index contributed by atoms with van der Waals surface area (Å²) in [5.74, 6) is 0. The topological polar surface area (TPSA) is 15.7 Å². The quantitative estimate of drug-likeness (QED) is 0.251. The van der Waals surface area contributed by atoms with Gasteiger partial charge in [-0.15, -0.1) is 0 Å². The van der Waals surface area contributed by atoms with Gasteiger partial charge < -0.3 is 4.74 Å². The zero-order valence-corrected chi connectivity index (χ0v) is 15.8. The first-order chi connectivity index (χ1) is 10.6. The number of unbranched alkanes of at least 4 members (excludes halogenated alkanes) is 7. The monoisotopic (exact) mass is 312 g/mol. The molecule has 0 heterocycles. The van der Waals surface area contributed by atoms with E-state index in [-0.39, 0.29) is 0 Å². The third kappa shape index (κ3) is 13.3. The van der Waals surface area contributed by atoms with Crippen LogP contribution in [0.2, 0.25) is 0 Å². The molecule has 0 amide bonds. The minimum absolute atomic E-state index is 0.358. The van der Waals surface area contributed by atoms with Crippen LogP contribution in [0, 0.1) is 0 Å². The first-order valence-electron chi connectivity index (χ1n) is 9.15. The average Bonchev–Trinajstić information content (AvgIpc) is 2.46. The van der Waals surface area contributed by atoms with Gasteiger partial charge in [-0.2, -0.15) is 0 Å². The second-order valence-corrected chi connectivity index (χ2v) is 6.65. The Kier molecular flexibility index (Phi) is 15.2. The van der Waals surface area contributed by atoms with Gasteiger partial charge in [-0.05, 0) is 47.5 Å². The predicted octanol–water partition coefficient (Wildman–Crippen LogP) is 4.54. The molecule has 0 aliphatic heterocycles. The summed E-state index contributed by atoms with van der Waals surface area (Å²) < 4.78 is 5.77. The van der Waals surface area contributed by atoms with Gasteiger partial charge in [-0.1, -0.05) is 57.6 Å². The Morgan fingerprint density at radius 1 is 0.773 bits per heavy atom. The van der Waals surface area contributed by atoms with Gasteiger partial charge >= 0.3 is 0 Å². The van der Waals surface area contributed by atoms with E-state index in [2.05, 4.69) is 57.1 Å². The Hall–Kier alpha value is -0.380. The van der Waals surface area contributed by atoms with Gasteiger partial charge in [-0.3, -0.25) is 9.80 Å². The predicted molar refractivity (Wildman–Crippen MR) is 98.3 cm³/mol. The smallest absolute Gasteiger partial charge is 0.0853 e. The van der Waals surface area contributed by atoms with E-state index in [4.69, 9.17) is 4.74 Å². The first kappa shape index (κ1) is 21.6. The molecule has 0 bridgehead atoms. The van der Waals surface area contributed by atoms with Crippen molar-refractivity contribution in [3.63, 3.8) is 0 Å². The zero-order chi connectivity index (χ0) is 16.6. The van der Waals surface area contributed by atoms with Crippen molar-refractivity contribution in [1.29, 1.82) is 0 Å². The SMILES string of the molecule is CCCCCCCCCC=CCCOCC(N(C)C)N(C)C. The largest absolute Gasteiger partial charge is 0.378 e. The van der Waals surface area contributed by atoms with E-state index in [9.17, 15) is 0 Å². The van der Waals surface area contributed by atoms with E-state index in [1.165, 1.54) is 51.4 Å². The lowest BCUT2D eigenvalue weighted by Gasteiger charge is -2.30. The molecule has 3 nitrogen and oxygen atoms in total. The third-order valence-corrected chi connectivity index (χ3v) is 4.03. The fourth-order valence-corrected chi connectivity index (χ4v) is 2.56. The number of nitrogens with zero attached hydrogens (tertiary/aromatic N) is 2. The molecule has 0 N–H and O–H groups in total. The molecule has 0 spiro atoms. The Labute approximate surface area is 139 Å². The van der Waals surface area contributed by atoms with E-state index < -0.39 is 0 Å². The summed E-state index contributed by atoms with van der Waals surface area (Å²) in [6, 6.07) is 0. The van der Waals surface area contributed by atoms with Crippen LogP contribution in [0.3, 0.4) is 0 Å². The summed E-state index contributed by atoms with van der Waals surface area (Å²) in [5.41, 5.74) is 0. The molecule has 0 aliphatic carbocycles. The minimum atomic E-state index is 0.358. The zero-order valence-electron chi connectivity index (χ0n) is 15.8. The highest BCUT2D eigenvalue weighted by Gasteiger charge is 2.12. The maximum Gasteiger partial charge on any atom is 0.0853 e. The normalized spacial score (nSPS) is 12.4. The molecule has 132 valence electrons. The maximum atomic E-state index is 5.77. The standard InChI is InChI=1S/C19H40N2O/c1-6-7-8-9-10-11-12-13-14-15-16-17-22-18-19(20(2)3)21(4)5/h14-15,19H,6-13,16-18H2,1-5H3. The molecular weight excluding hydrogens is 272 g/mol. The number of ether oxygens (including phenoxy) is 1. The van der Waals surface area contributed by atoms with Gasteiger partial charge in [0.05, 0.1) is 19.4 Å². The Morgan fingerprint density at radius 2 is 1.32 bits per heavy atom. The maximum absolute atomic E-state index is 5.77. The molecule has 0 unspecified atom stereocenters. The van der Waals surface area contributed by atoms with E-state index >= 15 is 0 Å². The summed E-state index contributed by atoms with van der Waals surface area (Å²) in [7, 11) is 8.37. The minimum Gasteiger partial charge on any atom is -0.378 e. The molecule has 0 rings (SSSR count). The number of rotatable bonds is 15. The summed E-state index contributed by atoms with van der Waals surface area (Å²) in [5, 5.41) is 0. The Balaban J connectivity index is 3.37. The lowest BCUT2D eigenvalue weighted by atomic mass is 10.1. The molecular formula is C19H40N2O. The third-order valence-electron chi connectivity index (χ3n) is 4.03. The number of allylic oxidation sites excluding steroid dienone is 1. The van der Waals surface area contributed by atoms with Crippen LogP contribution in [-0.2, 0) is 4.74 Å². The van der Waals surface area contributed by atoms with Crippen molar-refractivity contribution in [2.45, 2.75) is 70.9 Å². The fraction of sp³-hybridized carbons (Fsp3) is 0.895. The van der Waals surface area contributed by atoms with E-state index in [1.54, 1.807) is 0 Å². The van der Waals surface area contributed by atoms with Crippen LogP contribution < -0.4 is 0 Å². The van der Waals surface area contributed by atoms with Crippen LogP contribution in [0.4, 0.5) is 0 Å². The van der Waals surface area contributed by atoms with E-state index in [1.807, 2.05) is 0 Å². The summed E-state index contributed by atoms with van der Waals surface area (Å²) in [4.78, 5) is 4.38. The van der Waals surface area contributed by atoms with Crippen molar-refractivity contribution in [2.75, 3.05) is 41.4 Å². The molecule has 22 heavy (non-hydrogen) atoms. The fourth-order valence-electron chi connectivity index (χ4n) is 2.56. The van der Waals surface area contributed by atoms with Crippen molar-refractivity contribution in [3.8, 4) is 0 Å². The van der Waals surface area contributed by atoms with Gasteiger partial charge in [0.15, 0.2) is 0 Å². The first-order valence-corrected chi connectivity index (χ1v) is 9.15.